The van der Waals surface area contributed by atoms with Crippen LogP contribution in [0.3, 0.4) is 0 Å². The van der Waals surface area contributed by atoms with Gasteiger partial charge in [-0.3, -0.25) is 9.79 Å². The Morgan fingerprint density at radius 3 is 2.67 bits per heavy atom. The Labute approximate surface area is 163 Å². The number of methoxy groups -OCH3 is 2. The average Bonchev–Trinajstić information content (AvgIpc) is 2.67. The van der Waals surface area contributed by atoms with E-state index in [0.29, 0.717) is 27.9 Å². The second kappa shape index (κ2) is 7.92. The number of carbonyl (C=O) groups is 1. The molecule has 7 heteroatoms. The first-order valence-corrected chi connectivity index (χ1v) is 9.56. The van der Waals surface area contributed by atoms with Crippen LogP contribution in [0, 0.1) is 0 Å². The van der Waals surface area contributed by atoms with Crippen molar-refractivity contribution in [3.8, 4) is 11.5 Å². The van der Waals surface area contributed by atoms with Crippen LogP contribution in [0.2, 0.25) is 0 Å². The summed E-state index contributed by atoms with van der Waals surface area (Å²) in [6.07, 6.45) is 0.874. The Balaban J connectivity index is 1.83. The summed E-state index contributed by atoms with van der Waals surface area (Å²) in [6, 6.07) is 12.8. The van der Waals surface area contributed by atoms with Crippen molar-refractivity contribution in [2.24, 2.45) is 10.7 Å². The fraction of sp³-hybridized carbons (Fsp3) is 0.300. The Morgan fingerprint density at radius 1 is 1.19 bits per heavy atom. The SMILES string of the molecule is COc1ccc(NC(=O)c2cccc(C3(C)CCSC(N)=N3)c2)cc1OC. The van der Waals surface area contributed by atoms with E-state index in [0.717, 1.165) is 17.7 Å². The van der Waals surface area contributed by atoms with Crippen molar-refractivity contribution in [1.29, 1.82) is 0 Å². The number of amides is 1. The van der Waals surface area contributed by atoms with E-state index in [2.05, 4.69) is 10.3 Å². The van der Waals surface area contributed by atoms with Crippen LogP contribution in [0.1, 0.15) is 29.3 Å². The van der Waals surface area contributed by atoms with Crippen molar-refractivity contribution < 1.29 is 14.3 Å². The number of hydrogen-bond donors (Lipinski definition) is 2. The molecule has 27 heavy (non-hydrogen) atoms. The van der Waals surface area contributed by atoms with E-state index in [1.807, 2.05) is 25.1 Å². The zero-order valence-corrected chi connectivity index (χ0v) is 16.4. The number of carbonyl (C=O) groups excluding carboxylic acids is 1. The third kappa shape index (κ3) is 4.19. The summed E-state index contributed by atoms with van der Waals surface area (Å²) >= 11 is 1.56. The number of amidine groups is 1. The van der Waals surface area contributed by atoms with Crippen LogP contribution in [-0.4, -0.2) is 31.0 Å². The molecule has 1 heterocycles. The highest BCUT2D eigenvalue weighted by atomic mass is 32.2. The van der Waals surface area contributed by atoms with Gasteiger partial charge in [0.25, 0.3) is 5.91 Å². The van der Waals surface area contributed by atoms with Gasteiger partial charge in [0.2, 0.25) is 0 Å². The molecule has 1 unspecified atom stereocenters. The molecule has 0 bridgehead atoms. The lowest BCUT2D eigenvalue weighted by Crippen LogP contribution is -2.29. The van der Waals surface area contributed by atoms with Gasteiger partial charge in [-0.05, 0) is 43.2 Å². The number of anilines is 1. The second-order valence-corrected chi connectivity index (χ2v) is 7.54. The molecule has 0 saturated heterocycles. The van der Waals surface area contributed by atoms with Gasteiger partial charge in [0, 0.05) is 23.1 Å². The molecular formula is C20H23N3O3S. The number of nitrogens with two attached hydrogens (primary N) is 1. The molecule has 0 aliphatic carbocycles. The zero-order valence-electron chi connectivity index (χ0n) is 15.6. The maximum absolute atomic E-state index is 12.7. The number of nitrogens with zero attached hydrogens (tertiary/aromatic N) is 1. The van der Waals surface area contributed by atoms with E-state index in [-0.39, 0.29) is 5.91 Å². The normalized spacial score (nSPS) is 19.1. The van der Waals surface area contributed by atoms with Crippen molar-refractivity contribution >= 4 is 28.5 Å². The number of hydrogen-bond acceptors (Lipinski definition) is 6. The monoisotopic (exact) mass is 385 g/mol. The molecular weight excluding hydrogens is 362 g/mol. The number of ether oxygens (including phenoxy) is 2. The number of aliphatic imine (C=N–C) groups is 1. The molecule has 3 N–H and O–H groups in total. The highest BCUT2D eigenvalue weighted by Gasteiger charge is 2.29. The summed E-state index contributed by atoms with van der Waals surface area (Å²) in [5, 5.41) is 3.48. The van der Waals surface area contributed by atoms with Gasteiger partial charge in [0.1, 0.15) is 0 Å². The van der Waals surface area contributed by atoms with Gasteiger partial charge >= 0.3 is 0 Å². The largest absolute Gasteiger partial charge is 0.493 e. The molecule has 142 valence electrons. The quantitative estimate of drug-likeness (QED) is 0.821. The summed E-state index contributed by atoms with van der Waals surface area (Å²) < 4.78 is 10.5. The molecule has 1 aliphatic rings. The fourth-order valence-corrected chi connectivity index (χ4v) is 3.98. The standard InChI is InChI=1S/C20H23N3O3S/c1-20(9-10-27-19(21)23-20)14-6-4-5-13(11-14)18(24)22-15-7-8-16(25-2)17(12-15)26-3/h4-8,11-12H,9-10H2,1-3H3,(H2,21,23)(H,22,24). The average molecular weight is 385 g/mol. The highest BCUT2D eigenvalue weighted by Crippen LogP contribution is 2.35. The molecule has 0 radical (unpaired) electrons. The first-order chi connectivity index (χ1) is 12.9. The third-order valence-corrected chi connectivity index (χ3v) is 5.38. The highest BCUT2D eigenvalue weighted by molar-refractivity contribution is 8.13. The molecule has 0 fully saturated rings. The predicted molar refractivity (Wildman–Crippen MR) is 110 cm³/mol. The molecule has 0 aromatic heterocycles. The van der Waals surface area contributed by atoms with Crippen LogP contribution >= 0.6 is 11.8 Å². The smallest absolute Gasteiger partial charge is 0.255 e. The van der Waals surface area contributed by atoms with Crippen molar-refractivity contribution in [3.63, 3.8) is 0 Å². The molecule has 1 atom stereocenters. The van der Waals surface area contributed by atoms with Crippen molar-refractivity contribution in [2.45, 2.75) is 18.9 Å². The molecule has 2 aromatic carbocycles. The van der Waals surface area contributed by atoms with Crippen molar-refractivity contribution in [3.05, 3.63) is 53.6 Å². The summed E-state index contributed by atoms with van der Waals surface area (Å²) in [4.78, 5) is 17.3. The maximum atomic E-state index is 12.7. The van der Waals surface area contributed by atoms with E-state index in [4.69, 9.17) is 15.2 Å². The van der Waals surface area contributed by atoms with Gasteiger partial charge in [-0.15, -0.1) is 0 Å². The van der Waals surface area contributed by atoms with Crippen LogP contribution in [-0.2, 0) is 5.54 Å². The molecule has 0 spiro atoms. The summed E-state index contributed by atoms with van der Waals surface area (Å²) in [5.41, 5.74) is 7.68. The predicted octanol–water partition coefficient (Wildman–Crippen LogP) is 3.62. The molecule has 1 amide bonds. The van der Waals surface area contributed by atoms with E-state index in [9.17, 15) is 4.79 Å². The Bertz CT molecular complexity index is 885. The van der Waals surface area contributed by atoms with E-state index >= 15 is 0 Å². The van der Waals surface area contributed by atoms with Crippen LogP contribution in [0.5, 0.6) is 11.5 Å². The Kier molecular flexibility index (Phi) is 5.60. The minimum Gasteiger partial charge on any atom is -0.493 e. The maximum Gasteiger partial charge on any atom is 0.255 e. The molecule has 3 rings (SSSR count). The number of thioether (sulfide) groups is 1. The van der Waals surface area contributed by atoms with Crippen molar-refractivity contribution in [1.82, 2.24) is 0 Å². The second-order valence-electron chi connectivity index (χ2n) is 6.43. The number of nitrogens with one attached hydrogen (secondary N) is 1. The Morgan fingerprint density at radius 2 is 1.96 bits per heavy atom. The first kappa shape index (κ1) is 19.1. The van der Waals surface area contributed by atoms with Crippen LogP contribution in [0.4, 0.5) is 5.69 Å². The minimum atomic E-state index is -0.408. The van der Waals surface area contributed by atoms with E-state index in [1.54, 1.807) is 50.2 Å². The van der Waals surface area contributed by atoms with Gasteiger partial charge < -0.3 is 20.5 Å². The fourth-order valence-electron chi connectivity index (χ4n) is 3.01. The zero-order chi connectivity index (χ0) is 19.4. The summed E-state index contributed by atoms with van der Waals surface area (Å²) in [7, 11) is 3.13. The van der Waals surface area contributed by atoms with Crippen molar-refractivity contribution in [2.75, 3.05) is 25.3 Å². The topological polar surface area (TPSA) is 85.9 Å². The lowest BCUT2D eigenvalue weighted by Gasteiger charge is -2.30. The van der Waals surface area contributed by atoms with Crippen LogP contribution in [0.15, 0.2) is 47.5 Å². The summed E-state index contributed by atoms with van der Waals surface area (Å²) in [5.74, 6) is 1.88. The van der Waals surface area contributed by atoms with Gasteiger partial charge in [-0.25, -0.2) is 0 Å². The molecule has 2 aromatic rings. The minimum absolute atomic E-state index is 0.199. The van der Waals surface area contributed by atoms with Crippen LogP contribution < -0.4 is 20.5 Å². The van der Waals surface area contributed by atoms with Gasteiger partial charge in [-0.2, -0.15) is 0 Å². The van der Waals surface area contributed by atoms with Gasteiger partial charge in [0.05, 0.1) is 19.8 Å². The van der Waals surface area contributed by atoms with E-state index in [1.165, 1.54) is 0 Å². The third-order valence-electron chi connectivity index (χ3n) is 4.58. The molecule has 1 aliphatic heterocycles. The first-order valence-electron chi connectivity index (χ1n) is 8.57. The Hall–Kier alpha value is -2.67. The van der Waals surface area contributed by atoms with Crippen LogP contribution in [0.25, 0.3) is 0 Å². The lowest BCUT2D eigenvalue weighted by atomic mass is 9.88. The number of rotatable bonds is 5. The van der Waals surface area contributed by atoms with Gasteiger partial charge in [-0.1, -0.05) is 23.9 Å². The molecule has 0 saturated carbocycles. The summed E-state index contributed by atoms with van der Waals surface area (Å²) in [6.45, 7) is 2.05. The van der Waals surface area contributed by atoms with E-state index < -0.39 is 5.54 Å². The lowest BCUT2D eigenvalue weighted by molar-refractivity contribution is 0.102. The molecule has 6 nitrogen and oxygen atoms in total. The van der Waals surface area contributed by atoms with Gasteiger partial charge in [0.15, 0.2) is 16.7 Å². The number of benzene rings is 2.